The Kier molecular flexibility index (Phi) is 4.28. The van der Waals surface area contributed by atoms with Gasteiger partial charge in [0.05, 0.1) is 21.9 Å². The Labute approximate surface area is 153 Å². The van der Waals surface area contributed by atoms with Gasteiger partial charge in [-0.25, -0.2) is 4.98 Å². The zero-order valence-corrected chi connectivity index (χ0v) is 14.8. The largest absolute Gasteiger partial charge is 0.322 e. The van der Waals surface area contributed by atoms with E-state index in [0.29, 0.717) is 0 Å². The highest BCUT2D eigenvalue weighted by Crippen LogP contribution is 2.24. The molecule has 0 radical (unpaired) electrons. The molecule has 128 valence electrons. The fourth-order valence-corrected chi connectivity index (χ4v) is 3.31. The fraction of sp³-hybridized carbons (Fsp3) is 0.0526. The molecule has 26 heavy (non-hydrogen) atoms. The van der Waals surface area contributed by atoms with Gasteiger partial charge >= 0.3 is 0 Å². The number of nitrogens with one attached hydrogen (secondary N) is 1. The van der Waals surface area contributed by atoms with Crippen LogP contribution in [0.25, 0.3) is 27.4 Å². The average Bonchev–Trinajstić information content (AvgIpc) is 3.28. The number of amides is 1. The van der Waals surface area contributed by atoms with Gasteiger partial charge < -0.3 is 5.32 Å². The van der Waals surface area contributed by atoms with Crippen LogP contribution < -0.4 is 5.32 Å². The van der Waals surface area contributed by atoms with E-state index in [1.165, 1.54) is 6.08 Å². The predicted molar refractivity (Wildman–Crippen MR) is 104 cm³/mol. The van der Waals surface area contributed by atoms with E-state index >= 15 is 0 Å². The first-order chi connectivity index (χ1) is 12.7. The van der Waals surface area contributed by atoms with Crippen molar-refractivity contribution >= 4 is 39.2 Å². The summed E-state index contributed by atoms with van der Waals surface area (Å²) < 4.78 is 2.83. The van der Waals surface area contributed by atoms with Gasteiger partial charge in [0.25, 0.3) is 0 Å². The lowest BCUT2D eigenvalue weighted by molar-refractivity contribution is -0.111. The first-order valence-corrected chi connectivity index (χ1v) is 8.82. The number of fused-ring (bicyclic) bond motifs is 1. The topological polar surface area (TPSA) is 72.7 Å². The quantitative estimate of drug-likeness (QED) is 0.562. The Balaban J connectivity index is 1.53. The van der Waals surface area contributed by atoms with Crippen molar-refractivity contribution < 1.29 is 4.79 Å². The maximum Gasteiger partial charge on any atom is 0.248 e. The standard InChI is InChI=1S/C19H15N5OS/c1-24-11-14(10-22-24)16-6-7-20-9-13(16)2-5-19(25)23-15-3-4-18-17(8-15)21-12-26-18/h2-12H,1H3,(H,23,25). The smallest absolute Gasteiger partial charge is 0.248 e. The molecule has 6 nitrogen and oxygen atoms in total. The number of carbonyl (C=O) groups is 1. The number of nitrogens with zero attached hydrogens (tertiary/aromatic N) is 4. The monoisotopic (exact) mass is 361 g/mol. The van der Waals surface area contributed by atoms with E-state index in [1.807, 2.05) is 37.5 Å². The minimum atomic E-state index is -0.208. The normalized spacial score (nSPS) is 11.3. The number of anilines is 1. The second-order valence-corrected chi connectivity index (χ2v) is 6.61. The van der Waals surface area contributed by atoms with Crippen LogP contribution >= 0.6 is 11.3 Å². The van der Waals surface area contributed by atoms with Gasteiger partial charge in [-0.05, 0) is 35.9 Å². The lowest BCUT2D eigenvalue weighted by atomic mass is 10.0. The van der Waals surface area contributed by atoms with Crippen LogP contribution in [0, 0.1) is 0 Å². The second-order valence-electron chi connectivity index (χ2n) is 5.72. The van der Waals surface area contributed by atoms with Crippen LogP contribution in [-0.4, -0.2) is 25.7 Å². The third-order valence-electron chi connectivity index (χ3n) is 3.88. The lowest BCUT2D eigenvalue weighted by Crippen LogP contribution is -2.07. The van der Waals surface area contributed by atoms with E-state index in [-0.39, 0.29) is 5.91 Å². The minimum absolute atomic E-state index is 0.208. The molecule has 4 rings (SSSR count). The van der Waals surface area contributed by atoms with Crippen molar-refractivity contribution in [2.75, 3.05) is 5.32 Å². The summed E-state index contributed by atoms with van der Waals surface area (Å²) in [6.07, 6.45) is 10.4. The van der Waals surface area contributed by atoms with E-state index in [4.69, 9.17) is 0 Å². The van der Waals surface area contributed by atoms with E-state index in [9.17, 15) is 4.79 Å². The third kappa shape index (κ3) is 3.38. The number of benzene rings is 1. The van der Waals surface area contributed by atoms with Crippen molar-refractivity contribution in [1.82, 2.24) is 19.7 Å². The lowest BCUT2D eigenvalue weighted by Gasteiger charge is -2.04. The molecule has 1 amide bonds. The third-order valence-corrected chi connectivity index (χ3v) is 4.69. The van der Waals surface area contributed by atoms with Gasteiger partial charge in [-0.1, -0.05) is 0 Å². The molecule has 0 unspecified atom stereocenters. The number of pyridine rings is 1. The van der Waals surface area contributed by atoms with Crippen LogP contribution in [0.5, 0.6) is 0 Å². The molecule has 7 heteroatoms. The number of carbonyl (C=O) groups excluding carboxylic acids is 1. The first-order valence-electron chi connectivity index (χ1n) is 7.94. The number of aryl methyl sites for hydroxylation is 1. The SMILES string of the molecule is Cn1cc(-c2ccncc2C=CC(=O)Nc2ccc3scnc3c2)cn1. The van der Waals surface area contributed by atoms with Crippen molar-refractivity contribution in [1.29, 1.82) is 0 Å². The van der Waals surface area contributed by atoms with Gasteiger partial charge in [0.1, 0.15) is 0 Å². The fourth-order valence-electron chi connectivity index (χ4n) is 2.65. The van der Waals surface area contributed by atoms with Gasteiger partial charge in [0, 0.05) is 48.5 Å². The van der Waals surface area contributed by atoms with E-state index in [2.05, 4.69) is 20.4 Å². The Morgan fingerprint density at radius 1 is 1.27 bits per heavy atom. The van der Waals surface area contributed by atoms with Crippen molar-refractivity contribution in [3.8, 4) is 11.1 Å². The molecule has 0 aliphatic carbocycles. The molecule has 0 saturated carbocycles. The number of rotatable bonds is 4. The van der Waals surface area contributed by atoms with Gasteiger partial charge in [-0.15, -0.1) is 11.3 Å². The number of hydrogen-bond acceptors (Lipinski definition) is 5. The molecule has 0 bridgehead atoms. The van der Waals surface area contributed by atoms with Gasteiger partial charge in [0.2, 0.25) is 5.91 Å². The summed E-state index contributed by atoms with van der Waals surface area (Å²) >= 11 is 1.57. The van der Waals surface area contributed by atoms with E-state index in [1.54, 1.807) is 46.2 Å². The molecule has 0 aliphatic heterocycles. The highest BCUT2D eigenvalue weighted by molar-refractivity contribution is 7.16. The molecule has 0 saturated heterocycles. The maximum atomic E-state index is 12.3. The molecule has 3 aromatic heterocycles. The van der Waals surface area contributed by atoms with Crippen molar-refractivity contribution in [3.63, 3.8) is 0 Å². The van der Waals surface area contributed by atoms with Gasteiger partial charge in [-0.2, -0.15) is 5.10 Å². The van der Waals surface area contributed by atoms with Gasteiger partial charge in [-0.3, -0.25) is 14.5 Å². The minimum Gasteiger partial charge on any atom is -0.322 e. The Morgan fingerprint density at radius 3 is 3.04 bits per heavy atom. The number of aromatic nitrogens is 4. The van der Waals surface area contributed by atoms with Crippen LogP contribution in [0.3, 0.4) is 0 Å². The molecular weight excluding hydrogens is 346 g/mol. The molecule has 1 N–H and O–H groups in total. The number of hydrogen-bond donors (Lipinski definition) is 1. The molecular formula is C19H15N5OS. The van der Waals surface area contributed by atoms with Crippen molar-refractivity contribution in [2.24, 2.45) is 7.05 Å². The van der Waals surface area contributed by atoms with E-state index < -0.39 is 0 Å². The Morgan fingerprint density at radius 2 is 2.19 bits per heavy atom. The van der Waals surface area contributed by atoms with E-state index in [0.717, 1.165) is 32.6 Å². The van der Waals surface area contributed by atoms with Crippen LogP contribution in [0.2, 0.25) is 0 Å². The van der Waals surface area contributed by atoms with Crippen molar-refractivity contribution in [2.45, 2.75) is 0 Å². The Hall–Kier alpha value is -3.32. The first kappa shape index (κ1) is 16.2. The highest BCUT2D eigenvalue weighted by atomic mass is 32.1. The molecule has 0 aliphatic rings. The summed E-state index contributed by atoms with van der Waals surface area (Å²) in [5.74, 6) is -0.208. The summed E-state index contributed by atoms with van der Waals surface area (Å²) in [4.78, 5) is 20.7. The highest BCUT2D eigenvalue weighted by Gasteiger charge is 2.06. The Bertz CT molecular complexity index is 1110. The molecule has 0 spiro atoms. The van der Waals surface area contributed by atoms with Crippen LogP contribution in [-0.2, 0) is 11.8 Å². The molecule has 3 heterocycles. The summed E-state index contributed by atoms with van der Waals surface area (Å²) in [6, 6.07) is 7.60. The molecule has 4 aromatic rings. The summed E-state index contributed by atoms with van der Waals surface area (Å²) in [7, 11) is 1.87. The summed E-state index contributed by atoms with van der Waals surface area (Å²) in [5.41, 5.74) is 6.19. The van der Waals surface area contributed by atoms with Gasteiger partial charge in [0.15, 0.2) is 0 Å². The molecule has 1 aromatic carbocycles. The summed E-state index contributed by atoms with van der Waals surface area (Å²) in [6.45, 7) is 0. The summed E-state index contributed by atoms with van der Waals surface area (Å²) in [5, 5.41) is 7.05. The van der Waals surface area contributed by atoms with Crippen LogP contribution in [0.1, 0.15) is 5.56 Å². The molecule has 0 fully saturated rings. The molecule has 0 atom stereocenters. The van der Waals surface area contributed by atoms with Crippen LogP contribution in [0.15, 0.2) is 60.6 Å². The van der Waals surface area contributed by atoms with Crippen LogP contribution in [0.4, 0.5) is 5.69 Å². The zero-order valence-electron chi connectivity index (χ0n) is 14.0. The van der Waals surface area contributed by atoms with Crippen molar-refractivity contribution in [3.05, 3.63) is 66.2 Å². The maximum absolute atomic E-state index is 12.3. The predicted octanol–water partition coefficient (Wildman–Crippen LogP) is 3.74. The zero-order chi connectivity index (χ0) is 17.9. The number of thiazole rings is 1. The second kappa shape index (κ2) is 6.89. The average molecular weight is 361 g/mol.